The molecule has 1 heterocycles. The van der Waals surface area contributed by atoms with Gasteiger partial charge in [-0.1, -0.05) is 13.0 Å². The van der Waals surface area contributed by atoms with Gasteiger partial charge < -0.3 is 31.5 Å². The quantitative estimate of drug-likeness (QED) is 0.269. The van der Waals surface area contributed by atoms with Crippen molar-refractivity contribution >= 4 is 23.4 Å². The van der Waals surface area contributed by atoms with Crippen molar-refractivity contribution in [3.63, 3.8) is 0 Å². The summed E-state index contributed by atoms with van der Waals surface area (Å²) >= 11 is 0. The Kier molecular flexibility index (Phi) is 7.15. The van der Waals surface area contributed by atoms with Crippen molar-refractivity contribution in [2.24, 2.45) is 17.6 Å². The van der Waals surface area contributed by atoms with Crippen LogP contribution in [0.1, 0.15) is 50.8 Å². The molecule has 7 N–H and O–H groups in total. The van der Waals surface area contributed by atoms with E-state index >= 15 is 0 Å². The van der Waals surface area contributed by atoms with Gasteiger partial charge in [0.05, 0.1) is 17.2 Å². The average molecular weight is 577 g/mol. The number of pyridine rings is 1. The molecule has 0 spiro atoms. The number of nitrogens with zero attached hydrogens (tertiary/aromatic N) is 2. The van der Waals surface area contributed by atoms with Crippen LogP contribution in [0.5, 0.6) is 5.75 Å². The zero-order chi connectivity index (χ0) is 30.7. The first kappa shape index (κ1) is 29.0. The molecule has 42 heavy (non-hydrogen) atoms. The summed E-state index contributed by atoms with van der Waals surface area (Å²) in [4.78, 5) is 57.6. The number of ketones is 2. The number of likely N-dealkylation sites (N-methyl/N-ethyl adjacent to an activating group) is 1. The van der Waals surface area contributed by atoms with Gasteiger partial charge in [0, 0.05) is 36.0 Å². The van der Waals surface area contributed by atoms with E-state index in [1.807, 2.05) is 6.92 Å². The monoisotopic (exact) mass is 576 g/mol. The van der Waals surface area contributed by atoms with Gasteiger partial charge in [0.1, 0.15) is 22.8 Å². The fourth-order valence-corrected chi connectivity index (χ4v) is 6.68. The molecule has 4 atom stereocenters. The lowest BCUT2D eigenvalue weighted by Crippen LogP contribution is -2.63. The smallest absolute Gasteiger partial charge is 0.255 e. The van der Waals surface area contributed by atoms with Gasteiger partial charge in [0.15, 0.2) is 11.4 Å². The number of nitrogens with one attached hydrogen (secondary N) is 1. The van der Waals surface area contributed by atoms with E-state index in [2.05, 4.69) is 10.3 Å². The van der Waals surface area contributed by atoms with Gasteiger partial charge in [-0.25, -0.2) is 0 Å². The summed E-state index contributed by atoms with van der Waals surface area (Å²) in [7, 11) is 3.16. The number of benzene rings is 1. The number of phenolic OH excluding ortho intramolecular Hbond substituents is 1. The zero-order valence-electron chi connectivity index (χ0n) is 23.3. The molecule has 3 aliphatic rings. The summed E-state index contributed by atoms with van der Waals surface area (Å²) in [5.74, 6) is -7.44. The predicted octanol–water partition coefficient (Wildman–Crippen LogP) is 1.01. The molecule has 12 heteroatoms. The van der Waals surface area contributed by atoms with Gasteiger partial charge in [0.25, 0.3) is 11.8 Å². The van der Waals surface area contributed by atoms with Crippen LogP contribution in [-0.2, 0) is 29.0 Å². The fraction of sp³-hybridized carbons (Fsp3) is 0.367. The number of carbonyl (C=O) groups is 4. The molecule has 12 nitrogen and oxygen atoms in total. The maximum Gasteiger partial charge on any atom is 0.255 e. The number of hydrogen-bond acceptors (Lipinski definition) is 10. The Balaban J connectivity index is 1.60. The third-order valence-corrected chi connectivity index (χ3v) is 8.64. The maximum absolute atomic E-state index is 14.0. The number of carbonyl (C=O) groups excluding carboxylic acids is 4. The molecule has 0 unspecified atom stereocenters. The van der Waals surface area contributed by atoms with Crippen LogP contribution in [0.25, 0.3) is 0 Å². The fourth-order valence-electron chi connectivity index (χ4n) is 6.68. The van der Waals surface area contributed by atoms with Crippen molar-refractivity contribution in [3.8, 4) is 5.75 Å². The highest BCUT2D eigenvalue weighted by atomic mass is 16.3. The summed E-state index contributed by atoms with van der Waals surface area (Å²) in [6.45, 7) is 1.77. The Hall–Kier alpha value is -4.55. The number of phenols is 1. The van der Waals surface area contributed by atoms with E-state index in [9.17, 15) is 39.6 Å². The Morgan fingerprint density at radius 3 is 2.50 bits per heavy atom. The van der Waals surface area contributed by atoms with Crippen LogP contribution >= 0.6 is 0 Å². The lowest BCUT2D eigenvalue weighted by molar-refractivity contribution is -0.148. The van der Waals surface area contributed by atoms with Crippen molar-refractivity contribution in [1.29, 1.82) is 0 Å². The molecule has 1 aromatic carbocycles. The minimum atomic E-state index is -2.71. The molecule has 220 valence electrons. The Bertz CT molecular complexity index is 1600. The van der Waals surface area contributed by atoms with Gasteiger partial charge in [-0.3, -0.25) is 29.1 Å². The highest BCUT2D eigenvalue weighted by molar-refractivity contribution is 6.24. The Labute approximate surface area is 241 Å². The first-order valence-electron chi connectivity index (χ1n) is 13.5. The molecule has 5 rings (SSSR count). The number of primary amides is 1. The molecular weight excluding hydrogens is 544 g/mol. The number of Topliss-reactive ketones (excluding diaryl/α,β-unsaturated/α-hetero) is 2. The Morgan fingerprint density at radius 2 is 1.90 bits per heavy atom. The predicted molar refractivity (Wildman–Crippen MR) is 148 cm³/mol. The van der Waals surface area contributed by atoms with Crippen LogP contribution in [0.2, 0.25) is 0 Å². The highest BCUT2D eigenvalue weighted by Gasteiger charge is 2.63. The number of hydrogen-bond donors (Lipinski definition) is 6. The number of amides is 2. The normalized spacial score (nSPS) is 25.2. The van der Waals surface area contributed by atoms with Crippen molar-refractivity contribution in [2.75, 3.05) is 14.1 Å². The van der Waals surface area contributed by atoms with E-state index < -0.39 is 64.0 Å². The van der Waals surface area contributed by atoms with Crippen molar-refractivity contribution in [2.45, 2.75) is 44.4 Å². The molecule has 2 amide bonds. The van der Waals surface area contributed by atoms with Crippen LogP contribution < -0.4 is 11.1 Å². The van der Waals surface area contributed by atoms with Gasteiger partial charge in [-0.2, -0.15) is 0 Å². The summed E-state index contributed by atoms with van der Waals surface area (Å²) in [5.41, 5.74) is 3.40. The molecule has 3 aliphatic carbocycles. The summed E-state index contributed by atoms with van der Waals surface area (Å²) < 4.78 is 0. The van der Waals surface area contributed by atoms with Crippen molar-refractivity contribution in [1.82, 2.24) is 15.2 Å². The van der Waals surface area contributed by atoms with E-state index in [-0.39, 0.29) is 41.8 Å². The number of aromatic hydroxyl groups is 1. The topological polar surface area (TPSA) is 203 Å². The molecule has 0 fully saturated rings. The lowest BCUT2D eigenvalue weighted by atomic mass is 9.58. The summed E-state index contributed by atoms with van der Waals surface area (Å²) in [6, 6.07) is 3.86. The van der Waals surface area contributed by atoms with Gasteiger partial charge in [-0.15, -0.1) is 0 Å². The standard InChI is InChI=1S/C30H32N4O8/c1-4-13-8-16(12-33-29(41)14-6-5-7-32-11-14)23(35)20-17(13)9-15-10-18-22(34(2)3)25(37)21(28(31)40)27(39)30(18,42)26(38)19(15)24(20)36/h5-8,11,15,18,22,35,37-38,42H,4,9-10,12H2,1-3H3,(H2,31,40)(H,33,41)/t15-,18-,22-,30-/m0/s1. The zero-order valence-corrected chi connectivity index (χ0v) is 23.3. The van der Waals surface area contributed by atoms with Crippen molar-refractivity contribution in [3.05, 3.63) is 81.1 Å². The van der Waals surface area contributed by atoms with E-state index in [1.54, 1.807) is 32.3 Å². The van der Waals surface area contributed by atoms with Crippen molar-refractivity contribution < 1.29 is 39.6 Å². The van der Waals surface area contributed by atoms with Crippen LogP contribution in [0.3, 0.4) is 0 Å². The number of rotatable bonds is 6. The molecule has 0 radical (unpaired) electrons. The molecule has 0 aliphatic heterocycles. The minimum Gasteiger partial charge on any atom is -0.510 e. The van der Waals surface area contributed by atoms with E-state index in [1.165, 1.54) is 17.3 Å². The summed E-state index contributed by atoms with van der Waals surface area (Å²) in [6.07, 6.45) is 3.63. The summed E-state index contributed by atoms with van der Waals surface area (Å²) in [5, 5.41) is 48.1. The second-order valence-electron chi connectivity index (χ2n) is 11.1. The van der Waals surface area contributed by atoms with Gasteiger partial charge >= 0.3 is 0 Å². The number of aliphatic hydroxyl groups excluding tert-OH is 2. The van der Waals surface area contributed by atoms with E-state index in [4.69, 9.17) is 5.73 Å². The molecule has 2 aromatic rings. The van der Waals surface area contributed by atoms with Crippen LogP contribution in [0.4, 0.5) is 0 Å². The maximum atomic E-state index is 14.0. The van der Waals surface area contributed by atoms with Gasteiger partial charge in [-0.05, 0) is 62.5 Å². The molecule has 0 bridgehead atoms. The number of aryl methyl sites for hydroxylation is 1. The second kappa shape index (κ2) is 10.4. The molecular formula is C30H32N4O8. The lowest BCUT2D eigenvalue weighted by Gasteiger charge is -2.50. The minimum absolute atomic E-state index is 0.0125. The van der Waals surface area contributed by atoms with Crippen LogP contribution in [0.15, 0.2) is 53.3 Å². The molecule has 1 aromatic heterocycles. The van der Waals surface area contributed by atoms with E-state index in [0.717, 1.165) is 5.56 Å². The first-order valence-corrected chi connectivity index (χ1v) is 13.5. The number of fused-ring (bicyclic) bond motifs is 3. The van der Waals surface area contributed by atoms with E-state index in [0.29, 0.717) is 17.5 Å². The first-order chi connectivity index (χ1) is 19.8. The van der Waals surface area contributed by atoms with Gasteiger partial charge in [0.2, 0.25) is 5.78 Å². The Morgan fingerprint density at radius 1 is 1.19 bits per heavy atom. The number of nitrogens with two attached hydrogens (primary N) is 1. The number of aromatic nitrogens is 1. The largest absolute Gasteiger partial charge is 0.510 e. The average Bonchev–Trinajstić information content (AvgIpc) is 2.94. The number of allylic oxidation sites excluding steroid dienone is 1. The second-order valence-corrected chi connectivity index (χ2v) is 11.1. The highest BCUT2D eigenvalue weighted by Crippen LogP contribution is 2.52. The number of aliphatic hydroxyl groups is 3. The third kappa shape index (κ3) is 4.17. The molecule has 0 saturated carbocycles. The van der Waals surface area contributed by atoms with Crippen LogP contribution in [0, 0.1) is 11.8 Å². The third-order valence-electron chi connectivity index (χ3n) is 8.64. The van der Waals surface area contributed by atoms with Crippen LogP contribution in [-0.4, -0.2) is 79.4 Å². The SMILES string of the molecule is CCc1cc(CNC(=O)c2cccnc2)c(O)c2c1C[C@H]1C[C@H]3[C@H](N(C)C)C(O)=C(C(N)=O)C(=O)[C@@]3(O)C(O)=C1C2=O. The molecule has 0 saturated heterocycles.